The van der Waals surface area contributed by atoms with E-state index in [1.807, 2.05) is 12.5 Å². The number of imidazole rings is 1. The fourth-order valence-electron chi connectivity index (χ4n) is 6.78. The lowest BCUT2D eigenvalue weighted by molar-refractivity contribution is -0.127. The molecule has 1 N–H and O–H groups in total. The maximum absolute atomic E-state index is 12.9. The summed E-state index contributed by atoms with van der Waals surface area (Å²) in [6.07, 6.45) is 14.3. The highest BCUT2D eigenvalue weighted by molar-refractivity contribution is 5.78. The summed E-state index contributed by atoms with van der Waals surface area (Å²) in [5.74, 6) is 3.68. The third-order valence-corrected chi connectivity index (χ3v) is 7.71. The average molecular weight is 357 g/mol. The number of hydrogen-bond acceptors (Lipinski definition) is 3. The number of carbonyl (C=O) groups is 1. The molecular formula is C21H32N4O. The molecule has 0 radical (unpaired) electrons. The van der Waals surface area contributed by atoms with Gasteiger partial charge >= 0.3 is 0 Å². The Morgan fingerprint density at radius 1 is 1.15 bits per heavy atom. The number of likely N-dealkylation sites (tertiary alicyclic amines) is 1. The van der Waals surface area contributed by atoms with Crippen molar-refractivity contribution in [1.82, 2.24) is 19.8 Å². The number of nitrogens with one attached hydrogen (secondary N) is 1. The van der Waals surface area contributed by atoms with Gasteiger partial charge in [0.2, 0.25) is 5.91 Å². The predicted octanol–water partition coefficient (Wildman–Crippen LogP) is 2.89. The fourth-order valence-corrected chi connectivity index (χ4v) is 6.78. The van der Waals surface area contributed by atoms with Crippen LogP contribution in [0.1, 0.15) is 63.1 Å². The summed E-state index contributed by atoms with van der Waals surface area (Å²) in [4.78, 5) is 19.6. The summed E-state index contributed by atoms with van der Waals surface area (Å²) in [7, 11) is 2.06. The molecule has 0 spiro atoms. The minimum atomic E-state index is 0.247. The van der Waals surface area contributed by atoms with Crippen LogP contribution in [0.5, 0.6) is 0 Å². The Morgan fingerprint density at radius 3 is 2.54 bits per heavy atom. The number of aryl methyl sites for hydroxylation is 1. The molecule has 26 heavy (non-hydrogen) atoms. The van der Waals surface area contributed by atoms with E-state index in [1.165, 1.54) is 50.6 Å². The maximum Gasteiger partial charge on any atom is 0.234 e. The Balaban J connectivity index is 1.24. The monoisotopic (exact) mass is 356 g/mol. The van der Waals surface area contributed by atoms with Crippen molar-refractivity contribution in [3.8, 4) is 0 Å². The average Bonchev–Trinajstić information content (AvgIpc) is 3.04. The zero-order valence-corrected chi connectivity index (χ0v) is 15.9. The van der Waals surface area contributed by atoms with Crippen LogP contribution in [-0.2, 0) is 11.8 Å². The van der Waals surface area contributed by atoms with Crippen molar-refractivity contribution in [3.63, 3.8) is 0 Å². The van der Waals surface area contributed by atoms with Gasteiger partial charge in [-0.2, -0.15) is 0 Å². The molecule has 5 fully saturated rings. The topological polar surface area (TPSA) is 50.2 Å². The van der Waals surface area contributed by atoms with Crippen molar-refractivity contribution in [1.29, 1.82) is 0 Å². The molecule has 1 aromatic rings. The summed E-state index contributed by atoms with van der Waals surface area (Å²) >= 11 is 0. The van der Waals surface area contributed by atoms with Gasteiger partial charge in [0.15, 0.2) is 0 Å². The highest BCUT2D eigenvalue weighted by Gasteiger charge is 2.48. The molecule has 6 rings (SSSR count). The molecule has 1 unspecified atom stereocenters. The van der Waals surface area contributed by atoms with Gasteiger partial charge < -0.3 is 9.88 Å². The molecule has 142 valence electrons. The van der Waals surface area contributed by atoms with Gasteiger partial charge in [0.05, 0.1) is 24.6 Å². The smallest absolute Gasteiger partial charge is 0.234 e. The molecule has 4 aliphatic carbocycles. The highest BCUT2D eigenvalue weighted by Crippen LogP contribution is 2.53. The van der Waals surface area contributed by atoms with Gasteiger partial charge in [0.25, 0.3) is 0 Å². The second-order valence-corrected chi connectivity index (χ2v) is 9.44. The van der Waals surface area contributed by atoms with E-state index in [0.29, 0.717) is 18.6 Å². The molecule has 1 amide bonds. The van der Waals surface area contributed by atoms with Crippen molar-refractivity contribution >= 4 is 5.91 Å². The van der Waals surface area contributed by atoms with E-state index >= 15 is 0 Å². The van der Waals surface area contributed by atoms with Crippen LogP contribution in [0, 0.1) is 23.7 Å². The van der Waals surface area contributed by atoms with Gasteiger partial charge in [-0.05, 0) is 75.2 Å². The lowest BCUT2D eigenvalue weighted by Crippen LogP contribution is -2.57. The first-order chi connectivity index (χ1) is 12.7. The quantitative estimate of drug-likeness (QED) is 0.902. The van der Waals surface area contributed by atoms with Crippen molar-refractivity contribution in [2.75, 3.05) is 13.1 Å². The Bertz CT molecular complexity index is 641. The highest BCUT2D eigenvalue weighted by atomic mass is 16.2. The van der Waals surface area contributed by atoms with Gasteiger partial charge in [0, 0.05) is 19.3 Å². The first-order valence-electron chi connectivity index (χ1n) is 10.7. The molecule has 5 nitrogen and oxygen atoms in total. The molecule has 1 atom stereocenters. The van der Waals surface area contributed by atoms with Gasteiger partial charge in [-0.25, -0.2) is 4.98 Å². The Labute approximate surface area is 156 Å². The van der Waals surface area contributed by atoms with Crippen molar-refractivity contribution < 1.29 is 4.79 Å². The molecular weight excluding hydrogens is 324 g/mol. The van der Waals surface area contributed by atoms with Crippen LogP contribution >= 0.6 is 0 Å². The summed E-state index contributed by atoms with van der Waals surface area (Å²) < 4.78 is 2.11. The van der Waals surface area contributed by atoms with Crippen LogP contribution in [-0.4, -0.2) is 39.5 Å². The zero-order chi connectivity index (χ0) is 17.7. The van der Waals surface area contributed by atoms with E-state index in [2.05, 4.69) is 26.8 Å². The molecule has 5 heteroatoms. The molecule has 4 bridgehead atoms. The number of carbonyl (C=O) groups excluding carboxylic acids is 1. The van der Waals surface area contributed by atoms with Gasteiger partial charge in [-0.3, -0.25) is 9.69 Å². The third kappa shape index (κ3) is 2.98. The maximum atomic E-state index is 12.9. The van der Waals surface area contributed by atoms with Gasteiger partial charge in [0.1, 0.15) is 0 Å². The van der Waals surface area contributed by atoms with E-state index < -0.39 is 0 Å². The predicted molar refractivity (Wildman–Crippen MR) is 100 cm³/mol. The second-order valence-electron chi connectivity index (χ2n) is 9.44. The second kappa shape index (κ2) is 6.66. The van der Waals surface area contributed by atoms with E-state index in [-0.39, 0.29) is 5.91 Å². The summed E-state index contributed by atoms with van der Waals surface area (Å²) in [6, 6.07) is 0.788. The zero-order valence-electron chi connectivity index (χ0n) is 15.9. The van der Waals surface area contributed by atoms with Crippen LogP contribution < -0.4 is 5.32 Å². The lowest BCUT2D eigenvalue weighted by atomic mass is 9.54. The summed E-state index contributed by atoms with van der Waals surface area (Å²) in [5.41, 5.74) is 1.24. The normalized spacial score (nSPS) is 39.3. The minimum absolute atomic E-state index is 0.247. The first kappa shape index (κ1) is 16.8. The Hall–Kier alpha value is -1.36. The number of piperidine rings is 1. The van der Waals surface area contributed by atoms with Gasteiger partial charge in [-0.1, -0.05) is 6.42 Å². The van der Waals surface area contributed by atoms with Crippen LogP contribution in [0.25, 0.3) is 0 Å². The molecule has 4 saturated carbocycles. The largest absolute Gasteiger partial charge is 0.352 e. The summed E-state index contributed by atoms with van der Waals surface area (Å²) in [5, 5.41) is 3.49. The van der Waals surface area contributed by atoms with E-state index in [4.69, 9.17) is 0 Å². The van der Waals surface area contributed by atoms with Crippen molar-refractivity contribution in [2.45, 2.75) is 63.5 Å². The molecule has 5 aliphatic rings. The summed E-state index contributed by atoms with van der Waals surface area (Å²) in [6.45, 7) is 1.56. The SMILES string of the molecule is Cn1cncc1C1CCCCN1CC(=O)NC1C2CC3CC(C2)CC1C3. The fraction of sp³-hybridized carbons (Fsp3) is 0.810. The number of hydrogen-bond donors (Lipinski definition) is 1. The molecule has 0 aromatic carbocycles. The number of nitrogens with zero attached hydrogens (tertiary/aromatic N) is 3. The van der Waals surface area contributed by atoms with E-state index in [1.54, 1.807) is 0 Å². The molecule has 1 aromatic heterocycles. The molecule has 1 aliphatic heterocycles. The number of amides is 1. The number of aromatic nitrogens is 2. The lowest BCUT2D eigenvalue weighted by Gasteiger charge is -2.54. The minimum Gasteiger partial charge on any atom is -0.352 e. The van der Waals surface area contributed by atoms with Crippen LogP contribution in [0.4, 0.5) is 0 Å². The third-order valence-electron chi connectivity index (χ3n) is 7.71. The molecule has 2 heterocycles. The van der Waals surface area contributed by atoms with Crippen LogP contribution in [0.2, 0.25) is 0 Å². The Morgan fingerprint density at radius 2 is 1.88 bits per heavy atom. The van der Waals surface area contributed by atoms with E-state index in [0.717, 1.165) is 36.6 Å². The van der Waals surface area contributed by atoms with Crippen LogP contribution in [0.3, 0.4) is 0 Å². The van der Waals surface area contributed by atoms with Crippen molar-refractivity contribution in [3.05, 3.63) is 18.2 Å². The Kier molecular flexibility index (Phi) is 4.30. The van der Waals surface area contributed by atoms with E-state index in [9.17, 15) is 4.79 Å². The first-order valence-corrected chi connectivity index (χ1v) is 10.7. The van der Waals surface area contributed by atoms with Crippen molar-refractivity contribution in [2.24, 2.45) is 30.7 Å². The standard InChI is InChI=1S/C21H32N4O/c1-24-13-22-11-19(24)18-4-2-3-5-25(18)12-20(26)23-21-16-7-14-6-15(9-16)10-17(21)8-14/h11,13-18,21H,2-10,12H2,1H3,(H,23,26). The number of rotatable bonds is 4. The van der Waals surface area contributed by atoms with Crippen LogP contribution in [0.15, 0.2) is 12.5 Å². The molecule has 1 saturated heterocycles. The van der Waals surface area contributed by atoms with Gasteiger partial charge in [-0.15, -0.1) is 0 Å².